The van der Waals surface area contributed by atoms with Crippen LogP contribution >= 0.6 is 11.6 Å². The predicted octanol–water partition coefficient (Wildman–Crippen LogP) is 6.59. The molecule has 6 aromatic rings. The van der Waals surface area contributed by atoms with Crippen molar-refractivity contribution in [1.82, 2.24) is 13.9 Å². The van der Waals surface area contributed by atoms with Gasteiger partial charge in [-0.25, -0.2) is 22.4 Å². The lowest BCUT2D eigenvalue weighted by atomic mass is 10.1. The second kappa shape index (κ2) is 11.2. The molecular formula is C32H25ClN6O3S. The van der Waals surface area contributed by atoms with Crippen LogP contribution in [0.15, 0.2) is 120 Å². The first-order valence-corrected chi connectivity index (χ1v) is 15.0. The summed E-state index contributed by atoms with van der Waals surface area (Å²) in [6.45, 7) is 0. The average molecular weight is 609 g/mol. The number of nitrogen functional groups attached to an aromatic ring is 1. The molecule has 2 aromatic heterocycles. The average Bonchev–Trinajstić information content (AvgIpc) is 3.43. The number of hydrogen-bond acceptors (Lipinski definition) is 7. The third-order valence-corrected chi connectivity index (χ3v) is 8.89. The molecule has 9 nitrogen and oxygen atoms in total. The number of anilines is 4. The molecule has 0 unspecified atom stereocenters. The van der Waals surface area contributed by atoms with Crippen LogP contribution in [0, 0.1) is 0 Å². The van der Waals surface area contributed by atoms with Crippen LogP contribution in [0.3, 0.4) is 0 Å². The standard InChI is InChI=1S/C32H25ClN6O3S/c1-38(31(40)21-14-16-22(34)17-15-21)24-9-7-8-23(18-24)36-32-35-19-28(33)30(37-32)27-20-39(29-13-6-5-12-26(27)29)43(41,42)25-10-3-2-4-11-25/h2-20H,34H2,1H3,(H,35,36,37). The van der Waals surface area contributed by atoms with Crippen LogP contribution < -0.4 is 16.0 Å². The summed E-state index contributed by atoms with van der Waals surface area (Å²) in [5.74, 6) is 0.0517. The van der Waals surface area contributed by atoms with Crippen molar-refractivity contribution in [2.24, 2.45) is 0 Å². The van der Waals surface area contributed by atoms with E-state index in [1.807, 2.05) is 30.3 Å². The summed E-state index contributed by atoms with van der Waals surface area (Å²) in [4.78, 5) is 23.7. The summed E-state index contributed by atoms with van der Waals surface area (Å²) in [5.41, 5.74) is 9.52. The monoisotopic (exact) mass is 608 g/mol. The maximum absolute atomic E-state index is 13.6. The van der Waals surface area contributed by atoms with E-state index < -0.39 is 10.0 Å². The van der Waals surface area contributed by atoms with Gasteiger partial charge in [-0.3, -0.25) is 4.79 Å². The van der Waals surface area contributed by atoms with E-state index in [4.69, 9.17) is 17.3 Å². The highest BCUT2D eigenvalue weighted by Gasteiger charge is 2.23. The fraction of sp³-hybridized carbons (Fsp3) is 0.0312. The molecule has 0 aliphatic carbocycles. The summed E-state index contributed by atoms with van der Waals surface area (Å²) >= 11 is 6.58. The van der Waals surface area contributed by atoms with Crippen molar-refractivity contribution in [2.75, 3.05) is 23.0 Å². The van der Waals surface area contributed by atoms with Crippen molar-refractivity contribution < 1.29 is 13.2 Å². The molecular weight excluding hydrogens is 584 g/mol. The van der Waals surface area contributed by atoms with E-state index >= 15 is 0 Å². The van der Waals surface area contributed by atoms with E-state index in [0.717, 1.165) is 0 Å². The number of hydrogen-bond donors (Lipinski definition) is 2. The minimum absolute atomic E-state index is 0.165. The minimum Gasteiger partial charge on any atom is -0.399 e. The molecule has 43 heavy (non-hydrogen) atoms. The van der Waals surface area contributed by atoms with E-state index in [0.29, 0.717) is 44.8 Å². The summed E-state index contributed by atoms with van der Waals surface area (Å²) < 4.78 is 28.4. The maximum Gasteiger partial charge on any atom is 0.268 e. The molecule has 6 rings (SSSR count). The van der Waals surface area contributed by atoms with Crippen molar-refractivity contribution in [3.63, 3.8) is 0 Å². The van der Waals surface area contributed by atoms with Gasteiger partial charge in [-0.2, -0.15) is 0 Å². The summed E-state index contributed by atoms with van der Waals surface area (Å²) in [7, 11) is -2.20. The van der Waals surface area contributed by atoms with E-state index in [-0.39, 0.29) is 21.8 Å². The Morgan fingerprint density at radius 1 is 0.930 bits per heavy atom. The van der Waals surface area contributed by atoms with Gasteiger partial charge in [0.15, 0.2) is 0 Å². The van der Waals surface area contributed by atoms with Crippen LogP contribution in [0.5, 0.6) is 0 Å². The molecule has 0 atom stereocenters. The van der Waals surface area contributed by atoms with Gasteiger partial charge in [0.25, 0.3) is 15.9 Å². The molecule has 0 spiro atoms. The Morgan fingerprint density at radius 2 is 1.65 bits per heavy atom. The topological polar surface area (TPSA) is 123 Å². The maximum atomic E-state index is 13.6. The quantitative estimate of drug-likeness (QED) is 0.196. The molecule has 2 heterocycles. The minimum atomic E-state index is -3.89. The number of carbonyl (C=O) groups is 1. The fourth-order valence-electron chi connectivity index (χ4n) is 4.72. The van der Waals surface area contributed by atoms with Crippen LogP contribution in [-0.2, 0) is 10.0 Å². The van der Waals surface area contributed by atoms with Crippen LogP contribution in [-0.4, -0.2) is 35.3 Å². The number of para-hydroxylation sites is 1. The molecule has 214 valence electrons. The Kier molecular flexibility index (Phi) is 7.31. The number of carbonyl (C=O) groups excluding carboxylic acids is 1. The van der Waals surface area contributed by atoms with Crippen molar-refractivity contribution in [3.8, 4) is 11.3 Å². The van der Waals surface area contributed by atoms with Crippen LogP contribution in [0.25, 0.3) is 22.2 Å². The van der Waals surface area contributed by atoms with E-state index in [1.165, 1.54) is 21.3 Å². The van der Waals surface area contributed by atoms with Crippen molar-refractivity contribution in [1.29, 1.82) is 0 Å². The third kappa shape index (κ3) is 5.41. The zero-order valence-corrected chi connectivity index (χ0v) is 24.4. The number of halogens is 1. The highest BCUT2D eigenvalue weighted by atomic mass is 35.5. The Morgan fingerprint density at radius 3 is 2.42 bits per heavy atom. The van der Waals surface area contributed by atoms with E-state index in [1.54, 1.807) is 79.8 Å². The summed E-state index contributed by atoms with van der Waals surface area (Å²) in [6.07, 6.45) is 2.99. The van der Waals surface area contributed by atoms with Crippen LogP contribution in [0.4, 0.5) is 23.0 Å². The number of nitrogens with zero attached hydrogens (tertiary/aromatic N) is 4. The first-order valence-electron chi connectivity index (χ1n) is 13.2. The highest BCUT2D eigenvalue weighted by molar-refractivity contribution is 7.90. The molecule has 0 saturated carbocycles. The van der Waals surface area contributed by atoms with Gasteiger partial charge in [0.05, 0.1) is 27.3 Å². The van der Waals surface area contributed by atoms with Crippen molar-refractivity contribution >= 4 is 61.4 Å². The molecule has 11 heteroatoms. The molecule has 0 fully saturated rings. The summed E-state index contributed by atoms with van der Waals surface area (Å²) in [6, 6.07) is 29.4. The molecule has 3 N–H and O–H groups in total. The normalized spacial score (nSPS) is 11.4. The fourth-order valence-corrected chi connectivity index (χ4v) is 6.30. The Labute approximate surface area is 253 Å². The van der Waals surface area contributed by atoms with Gasteiger partial charge in [-0.05, 0) is 60.7 Å². The van der Waals surface area contributed by atoms with Gasteiger partial charge < -0.3 is 16.0 Å². The number of amides is 1. The number of nitrogens with two attached hydrogens (primary N) is 1. The molecule has 0 radical (unpaired) electrons. The molecule has 0 aliphatic heterocycles. The molecule has 0 bridgehead atoms. The first-order chi connectivity index (χ1) is 20.7. The first kappa shape index (κ1) is 28.0. The van der Waals surface area contributed by atoms with Crippen molar-refractivity contribution in [2.45, 2.75) is 4.90 Å². The second-order valence-corrected chi connectivity index (χ2v) is 11.9. The second-order valence-electron chi connectivity index (χ2n) is 9.73. The van der Waals surface area contributed by atoms with Crippen molar-refractivity contribution in [3.05, 3.63) is 126 Å². The number of benzene rings is 4. The summed E-state index contributed by atoms with van der Waals surface area (Å²) in [5, 5.41) is 4.10. The number of aromatic nitrogens is 3. The van der Waals surface area contributed by atoms with Gasteiger partial charge >= 0.3 is 0 Å². The Bertz CT molecular complexity index is 2080. The lowest BCUT2D eigenvalue weighted by molar-refractivity contribution is 0.0993. The van der Waals surface area contributed by atoms with E-state index in [2.05, 4.69) is 15.3 Å². The van der Waals surface area contributed by atoms with Gasteiger partial charge in [0.1, 0.15) is 0 Å². The highest BCUT2D eigenvalue weighted by Crippen LogP contribution is 2.36. The van der Waals surface area contributed by atoms with Gasteiger partial charge in [0.2, 0.25) is 5.95 Å². The zero-order valence-electron chi connectivity index (χ0n) is 22.8. The van der Waals surface area contributed by atoms with Crippen LogP contribution in [0.1, 0.15) is 10.4 Å². The van der Waals surface area contributed by atoms with Gasteiger partial charge in [-0.15, -0.1) is 0 Å². The number of nitrogens with one attached hydrogen (secondary N) is 1. The zero-order chi connectivity index (χ0) is 30.1. The van der Waals surface area contributed by atoms with Crippen LogP contribution in [0.2, 0.25) is 5.02 Å². The largest absolute Gasteiger partial charge is 0.399 e. The molecule has 0 aliphatic rings. The molecule has 1 amide bonds. The molecule has 0 saturated heterocycles. The Hall–Kier alpha value is -5.19. The SMILES string of the molecule is CN(C(=O)c1ccc(N)cc1)c1cccc(Nc2ncc(Cl)c(-c3cn(S(=O)(=O)c4ccccc4)c4ccccc34)n2)c1. The number of fused-ring (bicyclic) bond motifs is 1. The predicted molar refractivity (Wildman–Crippen MR) is 170 cm³/mol. The smallest absolute Gasteiger partial charge is 0.268 e. The van der Waals surface area contributed by atoms with Gasteiger partial charge in [0, 0.05) is 46.8 Å². The number of rotatable bonds is 7. The Balaban J connectivity index is 1.34. The lowest BCUT2D eigenvalue weighted by Crippen LogP contribution is -2.26. The lowest BCUT2D eigenvalue weighted by Gasteiger charge is -2.18. The molecule has 4 aromatic carbocycles. The van der Waals surface area contributed by atoms with Gasteiger partial charge in [-0.1, -0.05) is 54.1 Å². The van der Waals surface area contributed by atoms with E-state index in [9.17, 15) is 13.2 Å². The third-order valence-electron chi connectivity index (χ3n) is 6.93.